The van der Waals surface area contributed by atoms with E-state index in [0.717, 1.165) is 6.08 Å². The monoisotopic (exact) mass is 526 g/mol. The van der Waals surface area contributed by atoms with Gasteiger partial charge < -0.3 is 9.47 Å². The van der Waals surface area contributed by atoms with Crippen LogP contribution in [0, 0.1) is 23.7 Å². The lowest BCUT2D eigenvalue weighted by Crippen LogP contribution is -2.39. The maximum absolute atomic E-state index is 12.5. The number of carbonyl (C=O) groups is 2. The van der Waals surface area contributed by atoms with Crippen LogP contribution in [0.25, 0.3) is 0 Å². The molecule has 0 fully saturated rings. The van der Waals surface area contributed by atoms with Gasteiger partial charge in [-0.1, -0.05) is 12.2 Å². The van der Waals surface area contributed by atoms with Crippen molar-refractivity contribution in [2.75, 3.05) is 13.2 Å². The van der Waals surface area contributed by atoms with E-state index in [0.29, 0.717) is 0 Å². The fourth-order valence-electron chi connectivity index (χ4n) is 3.12. The van der Waals surface area contributed by atoms with Crippen molar-refractivity contribution in [2.45, 2.75) is 50.4 Å². The zero-order valence-corrected chi connectivity index (χ0v) is 16.9. The number of rotatable bonds is 8. The summed E-state index contributed by atoms with van der Waals surface area (Å²) in [5.41, 5.74) is 0. The molecule has 0 saturated carbocycles. The molecule has 0 aliphatic heterocycles. The van der Waals surface area contributed by atoms with E-state index in [1.54, 1.807) is 0 Å². The van der Waals surface area contributed by atoms with Gasteiger partial charge in [-0.05, 0) is 12.8 Å². The van der Waals surface area contributed by atoms with Crippen LogP contribution in [0.5, 0.6) is 0 Å². The molecule has 0 amide bonds. The van der Waals surface area contributed by atoms with Gasteiger partial charge in [0.15, 0.2) is 11.8 Å². The molecule has 0 bridgehead atoms. The third-order valence-corrected chi connectivity index (χ3v) is 4.88. The second kappa shape index (κ2) is 11.1. The maximum Gasteiger partial charge on any atom is 0.400 e. The van der Waals surface area contributed by atoms with E-state index in [4.69, 9.17) is 0 Å². The quantitative estimate of drug-likeness (QED) is 0.224. The van der Waals surface area contributed by atoms with Crippen molar-refractivity contribution in [1.82, 2.24) is 0 Å². The Balaban J connectivity index is 2.72. The van der Waals surface area contributed by atoms with Gasteiger partial charge in [0.1, 0.15) is 0 Å². The molecular formula is C18H18F12O4. The average molecular weight is 526 g/mol. The zero-order chi connectivity index (χ0) is 26.5. The van der Waals surface area contributed by atoms with Crippen molar-refractivity contribution in [1.29, 1.82) is 0 Å². The molecule has 1 aliphatic rings. The minimum Gasteiger partial charge on any atom is -0.465 e. The van der Waals surface area contributed by atoms with Crippen LogP contribution in [0.2, 0.25) is 0 Å². The highest BCUT2D eigenvalue weighted by Gasteiger charge is 2.57. The molecule has 2 unspecified atom stereocenters. The van der Waals surface area contributed by atoms with E-state index in [9.17, 15) is 62.3 Å². The fraction of sp³-hybridized carbons (Fsp3) is 0.778. The van der Waals surface area contributed by atoms with Crippen molar-refractivity contribution in [3.8, 4) is 0 Å². The Bertz CT molecular complexity index is 692. The summed E-state index contributed by atoms with van der Waals surface area (Å²) in [5, 5.41) is 0. The van der Waals surface area contributed by atoms with Crippen molar-refractivity contribution >= 4 is 11.9 Å². The van der Waals surface area contributed by atoms with Crippen LogP contribution in [0.4, 0.5) is 52.7 Å². The molecule has 0 N–H and O–H groups in total. The van der Waals surface area contributed by atoms with Crippen molar-refractivity contribution in [3.05, 3.63) is 12.2 Å². The summed E-state index contributed by atoms with van der Waals surface area (Å²) in [6.45, 7) is -2.61. The van der Waals surface area contributed by atoms with Gasteiger partial charge in [0.2, 0.25) is 0 Å². The van der Waals surface area contributed by atoms with Gasteiger partial charge in [-0.2, -0.15) is 52.7 Å². The van der Waals surface area contributed by atoms with Crippen molar-refractivity contribution < 1.29 is 71.7 Å². The summed E-state index contributed by atoms with van der Waals surface area (Å²) in [4.78, 5) is 24.2. The summed E-state index contributed by atoms with van der Waals surface area (Å²) in [6.07, 6.45) is -23.6. The highest BCUT2D eigenvalue weighted by Crippen LogP contribution is 2.42. The van der Waals surface area contributed by atoms with E-state index in [1.807, 2.05) is 0 Å². The van der Waals surface area contributed by atoms with Crippen LogP contribution >= 0.6 is 0 Å². The highest BCUT2D eigenvalue weighted by molar-refractivity contribution is 5.83. The first-order valence-corrected chi connectivity index (χ1v) is 9.53. The SMILES string of the molecule is O=C(OCCC(C(F)(F)F)C(F)(F)F)C1C=CCCC1C(=O)OCCC(C(F)(F)F)C(F)(F)F. The second-order valence-corrected chi connectivity index (χ2v) is 7.32. The Hall–Kier alpha value is -2.16. The van der Waals surface area contributed by atoms with E-state index >= 15 is 0 Å². The lowest BCUT2D eigenvalue weighted by Gasteiger charge is -2.26. The summed E-state index contributed by atoms with van der Waals surface area (Å²) < 4.78 is 159. The van der Waals surface area contributed by atoms with Gasteiger partial charge in [0.05, 0.1) is 25.0 Å². The van der Waals surface area contributed by atoms with Crippen LogP contribution in [0.3, 0.4) is 0 Å². The molecule has 0 radical (unpaired) electrons. The van der Waals surface area contributed by atoms with Gasteiger partial charge in [0, 0.05) is 12.8 Å². The Labute approximate surface area is 184 Å². The Morgan fingerprint density at radius 3 is 1.47 bits per heavy atom. The van der Waals surface area contributed by atoms with E-state index in [-0.39, 0.29) is 12.8 Å². The van der Waals surface area contributed by atoms with Gasteiger partial charge in [-0.3, -0.25) is 9.59 Å². The van der Waals surface area contributed by atoms with E-state index in [2.05, 4.69) is 9.47 Å². The molecule has 0 heterocycles. The van der Waals surface area contributed by atoms with Crippen LogP contribution in [-0.4, -0.2) is 49.9 Å². The summed E-state index contributed by atoms with van der Waals surface area (Å²) in [7, 11) is 0. The number of allylic oxidation sites excluding steroid dienone is 1. The normalized spacial score (nSPS) is 20.1. The zero-order valence-electron chi connectivity index (χ0n) is 16.9. The molecule has 0 aromatic rings. The first-order chi connectivity index (χ1) is 15.3. The standard InChI is InChI=1S/C18H18F12O4/c19-15(20,21)11(16(22,23)24)5-7-33-13(31)9-3-1-2-4-10(9)14(32)34-8-6-12(17(25,26)27)18(28,29)30/h1,3,9-12H,2,4-8H2. The van der Waals surface area contributed by atoms with Crippen LogP contribution < -0.4 is 0 Å². The molecule has 2 atom stereocenters. The minimum atomic E-state index is -5.66. The van der Waals surface area contributed by atoms with E-state index in [1.165, 1.54) is 6.08 Å². The van der Waals surface area contributed by atoms with Gasteiger partial charge in [-0.15, -0.1) is 0 Å². The number of carbonyl (C=O) groups excluding carboxylic acids is 2. The smallest absolute Gasteiger partial charge is 0.400 e. The number of halogens is 12. The Kier molecular flexibility index (Phi) is 9.71. The molecule has 198 valence electrons. The number of hydrogen-bond acceptors (Lipinski definition) is 4. The topological polar surface area (TPSA) is 52.6 Å². The molecule has 1 rings (SSSR count). The highest BCUT2D eigenvalue weighted by atomic mass is 19.4. The Morgan fingerprint density at radius 2 is 1.09 bits per heavy atom. The van der Waals surface area contributed by atoms with Crippen LogP contribution in [0.15, 0.2) is 12.2 Å². The van der Waals surface area contributed by atoms with Crippen molar-refractivity contribution in [2.24, 2.45) is 23.7 Å². The minimum absolute atomic E-state index is 0.126. The molecule has 34 heavy (non-hydrogen) atoms. The third-order valence-electron chi connectivity index (χ3n) is 4.88. The molecule has 0 aromatic carbocycles. The molecule has 16 heteroatoms. The number of alkyl halides is 12. The van der Waals surface area contributed by atoms with Gasteiger partial charge in [-0.25, -0.2) is 0 Å². The first kappa shape index (κ1) is 29.9. The Morgan fingerprint density at radius 1 is 0.706 bits per heavy atom. The lowest BCUT2D eigenvalue weighted by molar-refractivity contribution is -0.288. The summed E-state index contributed by atoms with van der Waals surface area (Å²) in [6, 6.07) is 0. The van der Waals surface area contributed by atoms with E-state index < -0.39 is 86.4 Å². The predicted molar refractivity (Wildman–Crippen MR) is 87.7 cm³/mol. The molecule has 0 saturated heterocycles. The predicted octanol–water partition coefficient (Wildman–Crippen LogP) is 5.92. The van der Waals surface area contributed by atoms with Gasteiger partial charge >= 0.3 is 36.6 Å². The fourth-order valence-corrected chi connectivity index (χ4v) is 3.12. The van der Waals surface area contributed by atoms with Crippen LogP contribution in [-0.2, 0) is 19.1 Å². The van der Waals surface area contributed by atoms with Crippen molar-refractivity contribution in [3.63, 3.8) is 0 Å². The largest absolute Gasteiger partial charge is 0.465 e. The number of hydrogen-bond donors (Lipinski definition) is 0. The van der Waals surface area contributed by atoms with Crippen LogP contribution in [0.1, 0.15) is 25.7 Å². The number of ether oxygens (including phenoxy) is 2. The maximum atomic E-state index is 12.5. The molecule has 1 aliphatic carbocycles. The lowest BCUT2D eigenvalue weighted by atomic mass is 9.84. The third kappa shape index (κ3) is 8.89. The average Bonchev–Trinajstić information content (AvgIpc) is 2.64. The molecule has 0 aromatic heterocycles. The summed E-state index contributed by atoms with van der Waals surface area (Å²) in [5.74, 6) is -13.3. The first-order valence-electron chi connectivity index (χ1n) is 9.53. The molecular weight excluding hydrogens is 508 g/mol. The molecule has 4 nitrogen and oxygen atoms in total. The summed E-state index contributed by atoms with van der Waals surface area (Å²) >= 11 is 0. The van der Waals surface area contributed by atoms with Gasteiger partial charge in [0.25, 0.3) is 0 Å². The molecule has 0 spiro atoms. The second-order valence-electron chi connectivity index (χ2n) is 7.32. The number of esters is 2.